The predicted octanol–water partition coefficient (Wildman–Crippen LogP) is -0.546. The monoisotopic (exact) mass is 625 g/mol. The summed E-state index contributed by atoms with van der Waals surface area (Å²) >= 11 is 0. The lowest BCUT2D eigenvalue weighted by atomic mass is 10.0. The molecule has 250 valence electrons. The van der Waals surface area contributed by atoms with Crippen molar-refractivity contribution in [3.05, 3.63) is 0 Å². The average Bonchev–Trinajstić information content (AvgIpc) is 3.46. The van der Waals surface area contributed by atoms with Crippen molar-refractivity contribution >= 4 is 41.4 Å². The number of rotatable bonds is 19. The van der Waals surface area contributed by atoms with Gasteiger partial charge in [0.25, 0.3) is 5.91 Å². The molecular weight excluding hydrogens is 574 g/mol. The van der Waals surface area contributed by atoms with E-state index >= 15 is 0 Å². The molecule has 1 aliphatic rings. The number of ketones is 1. The zero-order valence-electron chi connectivity index (χ0n) is 26.6. The number of hydrogen-bond donors (Lipinski definition) is 6. The summed E-state index contributed by atoms with van der Waals surface area (Å²) < 4.78 is 5.16. The SMILES string of the molecule is CCCC(NC(=O)[C@@H]1CCCN1C(=O)C(NC(=O)OCC(C)C)C(C)C)C(=O)C(=O)NCC(=O)NC(CCCCN)C(N)=O. The van der Waals surface area contributed by atoms with E-state index in [-0.39, 0.29) is 37.8 Å². The maximum Gasteiger partial charge on any atom is 0.407 e. The summed E-state index contributed by atoms with van der Waals surface area (Å²) in [7, 11) is 0. The average molecular weight is 626 g/mol. The molecule has 15 nitrogen and oxygen atoms in total. The van der Waals surface area contributed by atoms with Crippen molar-refractivity contribution in [2.24, 2.45) is 23.3 Å². The minimum atomic E-state index is -1.19. The fourth-order valence-electron chi connectivity index (χ4n) is 4.66. The Bertz CT molecular complexity index is 1020. The predicted molar refractivity (Wildman–Crippen MR) is 162 cm³/mol. The van der Waals surface area contributed by atoms with Crippen LogP contribution in [0.25, 0.3) is 0 Å². The van der Waals surface area contributed by atoms with Gasteiger partial charge in [-0.25, -0.2) is 4.79 Å². The van der Waals surface area contributed by atoms with Crippen LogP contribution in [0.5, 0.6) is 0 Å². The Kier molecular flexibility index (Phi) is 17.0. The molecule has 1 rings (SSSR count). The van der Waals surface area contributed by atoms with Crippen LogP contribution in [0, 0.1) is 11.8 Å². The zero-order valence-corrected chi connectivity index (χ0v) is 26.6. The molecule has 0 aromatic rings. The molecule has 0 aromatic carbocycles. The van der Waals surface area contributed by atoms with E-state index in [4.69, 9.17) is 16.2 Å². The Labute approximate surface area is 259 Å². The molecule has 1 saturated heterocycles. The highest BCUT2D eigenvalue weighted by Gasteiger charge is 2.40. The summed E-state index contributed by atoms with van der Waals surface area (Å²) in [4.78, 5) is 89.9. The number of Topliss-reactive ketones (excluding diaryl/α,β-unsaturated/α-hetero) is 1. The highest BCUT2D eigenvalue weighted by Crippen LogP contribution is 2.21. The van der Waals surface area contributed by atoms with E-state index in [9.17, 15) is 33.6 Å². The van der Waals surface area contributed by atoms with E-state index in [1.54, 1.807) is 20.8 Å². The van der Waals surface area contributed by atoms with Crippen LogP contribution in [0.2, 0.25) is 0 Å². The Morgan fingerprint density at radius 3 is 2.18 bits per heavy atom. The van der Waals surface area contributed by atoms with E-state index < -0.39 is 72.1 Å². The summed E-state index contributed by atoms with van der Waals surface area (Å²) in [5, 5.41) is 9.86. The molecule has 4 atom stereocenters. The number of hydrogen-bond acceptors (Lipinski definition) is 9. The lowest BCUT2D eigenvalue weighted by molar-refractivity contribution is -0.143. The molecule has 0 bridgehead atoms. The number of alkyl carbamates (subject to hydrolysis) is 1. The second kappa shape index (κ2) is 19.5. The van der Waals surface area contributed by atoms with Crippen LogP contribution >= 0.6 is 0 Å². The fourth-order valence-corrected chi connectivity index (χ4v) is 4.66. The number of likely N-dealkylation sites (tertiary alicyclic amines) is 1. The number of unbranched alkanes of at least 4 members (excludes halogenated alkanes) is 1. The summed E-state index contributed by atoms with van der Waals surface area (Å²) in [5.74, 6) is -4.70. The van der Waals surface area contributed by atoms with Gasteiger partial charge < -0.3 is 42.4 Å². The minimum absolute atomic E-state index is 0.115. The molecule has 0 saturated carbocycles. The first kappa shape index (κ1) is 38.3. The molecule has 1 fully saturated rings. The first-order chi connectivity index (χ1) is 20.7. The number of nitrogens with zero attached hydrogens (tertiary/aromatic N) is 1. The quantitative estimate of drug-likeness (QED) is 0.0797. The first-order valence-corrected chi connectivity index (χ1v) is 15.4. The Balaban J connectivity index is 2.83. The Hall–Kier alpha value is -3.75. The lowest BCUT2D eigenvalue weighted by Crippen LogP contribution is -2.57. The van der Waals surface area contributed by atoms with E-state index in [0.29, 0.717) is 38.6 Å². The summed E-state index contributed by atoms with van der Waals surface area (Å²) in [6, 6.07) is -3.96. The number of primary amides is 1. The highest BCUT2D eigenvalue weighted by atomic mass is 16.5. The van der Waals surface area contributed by atoms with Crippen molar-refractivity contribution in [2.45, 2.75) is 104 Å². The number of nitrogens with one attached hydrogen (secondary N) is 4. The molecule has 0 spiro atoms. The highest BCUT2D eigenvalue weighted by molar-refractivity contribution is 6.38. The van der Waals surface area contributed by atoms with Crippen LogP contribution < -0.4 is 32.7 Å². The zero-order chi connectivity index (χ0) is 33.4. The van der Waals surface area contributed by atoms with Crippen molar-refractivity contribution in [1.82, 2.24) is 26.2 Å². The van der Waals surface area contributed by atoms with Crippen molar-refractivity contribution in [2.75, 3.05) is 26.2 Å². The van der Waals surface area contributed by atoms with Gasteiger partial charge in [0.1, 0.15) is 18.1 Å². The number of carbonyl (C=O) groups excluding carboxylic acids is 7. The van der Waals surface area contributed by atoms with Gasteiger partial charge in [0.05, 0.1) is 19.2 Å². The molecule has 3 unspecified atom stereocenters. The van der Waals surface area contributed by atoms with Gasteiger partial charge in [0.2, 0.25) is 29.4 Å². The maximum atomic E-state index is 13.4. The van der Waals surface area contributed by atoms with Gasteiger partial charge in [0.15, 0.2) is 0 Å². The van der Waals surface area contributed by atoms with Gasteiger partial charge in [-0.3, -0.25) is 28.8 Å². The van der Waals surface area contributed by atoms with Crippen LogP contribution in [0.4, 0.5) is 4.79 Å². The second-order valence-electron chi connectivity index (χ2n) is 11.8. The van der Waals surface area contributed by atoms with Gasteiger partial charge >= 0.3 is 6.09 Å². The second-order valence-corrected chi connectivity index (χ2v) is 11.8. The topological polar surface area (TPSA) is 232 Å². The van der Waals surface area contributed by atoms with E-state index in [0.717, 1.165) is 0 Å². The molecular formula is C29H51N7O8. The molecule has 15 heteroatoms. The fraction of sp³-hybridized carbons (Fsp3) is 0.759. The number of amides is 6. The van der Waals surface area contributed by atoms with E-state index in [1.807, 2.05) is 13.8 Å². The standard InChI is InChI=1S/C29H51N7O8/c1-6-10-19(24(38)27(41)32-15-22(37)33-20(25(31)39)11-7-8-13-30)34-26(40)21-12-9-14-36(21)28(42)23(18(4)5)35-29(43)44-16-17(2)3/h17-21,23H,6-16,30H2,1-5H3,(H2,31,39)(H,32,41)(H,33,37)(H,34,40)(H,35,43)/t19?,20?,21-,23?/m0/s1. The van der Waals surface area contributed by atoms with Crippen LogP contribution in [0.15, 0.2) is 0 Å². The van der Waals surface area contributed by atoms with E-state index in [2.05, 4.69) is 21.3 Å². The van der Waals surface area contributed by atoms with Crippen LogP contribution in [-0.4, -0.2) is 96.7 Å². The minimum Gasteiger partial charge on any atom is -0.449 e. The van der Waals surface area contributed by atoms with Gasteiger partial charge in [0, 0.05) is 6.54 Å². The Morgan fingerprint density at radius 2 is 1.61 bits per heavy atom. The van der Waals surface area contributed by atoms with Crippen molar-refractivity contribution in [1.29, 1.82) is 0 Å². The maximum absolute atomic E-state index is 13.4. The van der Waals surface area contributed by atoms with Gasteiger partial charge in [-0.05, 0) is 56.9 Å². The van der Waals surface area contributed by atoms with Gasteiger partial charge in [-0.1, -0.05) is 41.0 Å². The molecule has 6 amide bonds. The van der Waals surface area contributed by atoms with Crippen molar-refractivity contribution in [3.63, 3.8) is 0 Å². The van der Waals surface area contributed by atoms with Crippen molar-refractivity contribution < 1.29 is 38.3 Å². The summed E-state index contributed by atoms with van der Waals surface area (Å²) in [6.07, 6.45) is 2.25. The number of nitrogens with two attached hydrogens (primary N) is 2. The summed E-state index contributed by atoms with van der Waals surface area (Å²) in [6.45, 7) is 9.39. The van der Waals surface area contributed by atoms with E-state index in [1.165, 1.54) is 4.90 Å². The Morgan fingerprint density at radius 1 is 0.932 bits per heavy atom. The van der Waals surface area contributed by atoms with Crippen LogP contribution in [0.1, 0.15) is 79.6 Å². The molecule has 0 aliphatic carbocycles. The molecule has 1 heterocycles. The number of carbonyl (C=O) groups is 7. The normalized spacial score (nSPS) is 16.5. The summed E-state index contributed by atoms with van der Waals surface area (Å²) in [5.41, 5.74) is 10.8. The third-order valence-corrected chi connectivity index (χ3v) is 7.06. The van der Waals surface area contributed by atoms with Crippen LogP contribution in [-0.2, 0) is 33.5 Å². The largest absolute Gasteiger partial charge is 0.449 e. The molecule has 1 aliphatic heterocycles. The third-order valence-electron chi connectivity index (χ3n) is 7.06. The molecule has 44 heavy (non-hydrogen) atoms. The lowest BCUT2D eigenvalue weighted by Gasteiger charge is -2.31. The molecule has 8 N–H and O–H groups in total. The number of ether oxygens (including phenoxy) is 1. The third kappa shape index (κ3) is 12.9. The first-order valence-electron chi connectivity index (χ1n) is 15.4. The van der Waals surface area contributed by atoms with Crippen LogP contribution in [0.3, 0.4) is 0 Å². The van der Waals surface area contributed by atoms with Gasteiger partial charge in [-0.2, -0.15) is 0 Å². The molecule has 0 radical (unpaired) electrons. The van der Waals surface area contributed by atoms with Gasteiger partial charge in [-0.15, -0.1) is 0 Å². The molecule has 0 aromatic heterocycles. The smallest absolute Gasteiger partial charge is 0.407 e. The van der Waals surface area contributed by atoms with Crippen molar-refractivity contribution in [3.8, 4) is 0 Å².